The number of cyclic esters (lactones) is 1. The molecule has 12 heavy (non-hydrogen) atoms. The largest absolute Gasteiger partial charge is 0.465 e. The molecule has 2 unspecified atom stereocenters. The van der Waals surface area contributed by atoms with E-state index in [1.165, 1.54) is 0 Å². The first-order valence-corrected chi connectivity index (χ1v) is 4.45. The topological polar surface area (TPSA) is 43.4 Å². The number of Topliss-reactive ketones (excluding diaryl/α,β-unsaturated/α-hetero) is 1. The third kappa shape index (κ3) is 1.24. The summed E-state index contributed by atoms with van der Waals surface area (Å²) in [5.74, 6) is 0.466. The number of ketones is 1. The minimum atomic E-state index is -0.133. The van der Waals surface area contributed by atoms with Crippen molar-refractivity contribution in [2.24, 2.45) is 11.8 Å². The summed E-state index contributed by atoms with van der Waals surface area (Å²) >= 11 is 0. The molecule has 3 heteroatoms. The van der Waals surface area contributed by atoms with Gasteiger partial charge in [0, 0.05) is 12.8 Å². The highest BCUT2D eigenvalue weighted by atomic mass is 16.5. The van der Waals surface area contributed by atoms with E-state index in [2.05, 4.69) is 0 Å². The molecule has 0 spiro atoms. The third-order valence-electron chi connectivity index (χ3n) is 2.83. The minimum absolute atomic E-state index is 0.0245. The van der Waals surface area contributed by atoms with Gasteiger partial charge >= 0.3 is 5.97 Å². The van der Waals surface area contributed by atoms with Crippen molar-refractivity contribution in [2.45, 2.75) is 25.7 Å². The van der Waals surface area contributed by atoms with Crippen LogP contribution in [0.25, 0.3) is 0 Å². The van der Waals surface area contributed by atoms with Crippen molar-refractivity contribution in [3.05, 3.63) is 0 Å². The van der Waals surface area contributed by atoms with Gasteiger partial charge in [0.2, 0.25) is 0 Å². The van der Waals surface area contributed by atoms with Crippen molar-refractivity contribution in [1.29, 1.82) is 0 Å². The quantitative estimate of drug-likeness (QED) is 0.505. The first-order valence-electron chi connectivity index (χ1n) is 4.45. The van der Waals surface area contributed by atoms with Crippen LogP contribution < -0.4 is 0 Å². The summed E-state index contributed by atoms with van der Waals surface area (Å²) in [6.07, 6.45) is 3.11. The van der Waals surface area contributed by atoms with Gasteiger partial charge in [0.05, 0.1) is 5.92 Å². The molecular weight excluding hydrogens is 156 g/mol. The lowest BCUT2D eigenvalue weighted by Crippen LogP contribution is -2.38. The smallest absolute Gasteiger partial charge is 0.306 e. The Morgan fingerprint density at radius 3 is 3.00 bits per heavy atom. The first kappa shape index (κ1) is 7.77. The van der Waals surface area contributed by atoms with Gasteiger partial charge in [0.25, 0.3) is 0 Å². The zero-order chi connectivity index (χ0) is 8.55. The Kier molecular flexibility index (Phi) is 1.87. The van der Waals surface area contributed by atoms with E-state index >= 15 is 0 Å². The fourth-order valence-corrected chi connectivity index (χ4v) is 2.12. The van der Waals surface area contributed by atoms with E-state index in [0.717, 1.165) is 12.8 Å². The Hall–Kier alpha value is -0.860. The molecule has 3 nitrogen and oxygen atoms in total. The van der Waals surface area contributed by atoms with Crippen molar-refractivity contribution in [3.63, 3.8) is 0 Å². The molecule has 1 heterocycles. The molecule has 1 saturated carbocycles. The Bertz CT molecular complexity index is 222. The zero-order valence-corrected chi connectivity index (χ0v) is 6.91. The summed E-state index contributed by atoms with van der Waals surface area (Å²) in [5, 5.41) is 0. The fraction of sp³-hybridized carbons (Fsp3) is 0.778. The summed E-state index contributed by atoms with van der Waals surface area (Å²) < 4.78 is 4.86. The highest BCUT2D eigenvalue weighted by molar-refractivity contribution is 5.84. The van der Waals surface area contributed by atoms with Crippen LogP contribution in [0.3, 0.4) is 0 Å². The van der Waals surface area contributed by atoms with E-state index in [-0.39, 0.29) is 17.8 Å². The van der Waals surface area contributed by atoms with E-state index in [9.17, 15) is 9.59 Å². The van der Waals surface area contributed by atoms with Gasteiger partial charge in [0.15, 0.2) is 0 Å². The fourth-order valence-electron chi connectivity index (χ4n) is 2.12. The number of rotatable bonds is 0. The standard InChI is InChI=1S/C9H12O3/c10-8-3-1-2-6-4-9(11)12-5-7(6)8/h6-7H,1-5H2. The normalized spacial score (nSPS) is 35.7. The van der Waals surface area contributed by atoms with Gasteiger partial charge in [-0.2, -0.15) is 0 Å². The SMILES string of the molecule is O=C1CC2CCCC(=O)C2CO1. The molecule has 2 aliphatic rings. The van der Waals surface area contributed by atoms with Crippen molar-refractivity contribution in [2.75, 3.05) is 6.61 Å². The molecule has 2 atom stereocenters. The maximum absolute atomic E-state index is 11.3. The maximum atomic E-state index is 11.3. The lowest BCUT2D eigenvalue weighted by Gasteiger charge is -2.32. The Labute approximate surface area is 71.1 Å². The predicted octanol–water partition coefficient (Wildman–Crippen LogP) is 0.919. The van der Waals surface area contributed by atoms with Gasteiger partial charge < -0.3 is 4.74 Å². The van der Waals surface area contributed by atoms with Crippen LogP contribution >= 0.6 is 0 Å². The molecule has 66 valence electrons. The monoisotopic (exact) mass is 168 g/mol. The van der Waals surface area contributed by atoms with Crippen molar-refractivity contribution >= 4 is 11.8 Å². The van der Waals surface area contributed by atoms with Gasteiger partial charge in [0.1, 0.15) is 12.4 Å². The number of hydrogen-bond donors (Lipinski definition) is 0. The Morgan fingerprint density at radius 1 is 1.33 bits per heavy atom. The highest BCUT2D eigenvalue weighted by Gasteiger charge is 2.37. The second kappa shape index (κ2) is 2.88. The molecule has 0 aromatic carbocycles. The van der Waals surface area contributed by atoms with Gasteiger partial charge in [-0.25, -0.2) is 0 Å². The number of carbonyl (C=O) groups is 2. The summed E-state index contributed by atoms with van der Waals surface area (Å²) in [6.45, 7) is 0.336. The maximum Gasteiger partial charge on any atom is 0.306 e. The number of hydrogen-bond acceptors (Lipinski definition) is 3. The number of fused-ring (bicyclic) bond motifs is 1. The van der Waals surface area contributed by atoms with Crippen molar-refractivity contribution in [1.82, 2.24) is 0 Å². The molecule has 1 aliphatic carbocycles. The molecule has 2 rings (SSSR count). The van der Waals surface area contributed by atoms with E-state index in [1.807, 2.05) is 0 Å². The van der Waals surface area contributed by atoms with Crippen LogP contribution in [0, 0.1) is 11.8 Å². The summed E-state index contributed by atoms with van der Waals surface area (Å²) in [5.41, 5.74) is 0. The minimum Gasteiger partial charge on any atom is -0.465 e. The first-order chi connectivity index (χ1) is 5.77. The molecule has 0 amide bonds. The summed E-state index contributed by atoms with van der Waals surface area (Å²) in [4.78, 5) is 22.2. The molecule has 0 bridgehead atoms. The molecule has 0 radical (unpaired) electrons. The third-order valence-corrected chi connectivity index (χ3v) is 2.83. The number of esters is 1. The van der Waals surface area contributed by atoms with Gasteiger partial charge in [-0.1, -0.05) is 0 Å². The van der Waals surface area contributed by atoms with E-state index in [1.54, 1.807) is 0 Å². The van der Waals surface area contributed by atoms with Gasteiger partial charge in [-0.15, -0.1) is 0 Å². The molecule has 0 N–H and O–H groups in total. The lowest BCUT2D eigenvalue weighted by atomic mass is 9.76. The molecule has 0 aromatic rings. The van der Waals surface area contributed by atoms with Gasteiger partial charge in [-0.05, 0) is 18.8 Å². The molecule has 0 aromatic heterocycles. The van der Waals surface area contributed by atoms with E-state index in [4.69, 9.17) is 4.74 Å². The van der Waals surface area contributed by atoms with Crippen LogP contribution in [0.2, 0.25) is 0 Å². The van der Waals surface area contributed by atoms with E-state index in [0.29, 0.717) is 25.2 Å². The van der Waals surface area contributed by atoms with Crippen LogP contribution in [0.1, 0.15) is 25.7 Å². The predicted molar refractivity (Wildman–Crippen MR) is 41.4 cm³/mol. The number of ether oxygens (including phenoxy) is 1. The average molecular weight is 168 g/mol. The Balaban J connectivity index is 2.09. The second-order valence-electron chi connectivity index (χ2n) is 3.61. The van der Waals surface area contributed by atoms with Crippen molar-refractivity contribution in [3.8, 4) is 0 Å². The summed E-state index contributed by atoms with van der Waals surface area (Å²) in [6, 6.07) is 0. The molecule has 1 aliphatic heterocycles. The summed E-state index contributed by atoms with van der Waals surface area (Å²) in [7, 11) is 0. The number of carbonyl (C=O) groups excluding carboxylic acids is 2. The molecule has 1 saturated heterocycles. The van der Waals surface area contributed by atoms with E-state index < -0.39 is 0 Å². The van der Waals surface area contributed by atoms with Crippen LogP contribution in [0.4, 0.5) is 0 Å². The zero-order valence-electron chi connectivity index (χ0n) is 6.91. The average Bonchev–Trinajstić information content (AvgIpc) is 2.04. The van der Waals surface area contributed by atoms with Crippen LogP contribution in [-0.4, -0.2) is 18.4 Å². The second-order valence-corrected chi connectivity index (χ2v) is 3.61. The van der Waals surface area contributed by atoms with Crippen LogP contribution in [-0.2, 0) is 14.3 Å². The highest BCUT2D eigenvalue weighted by Crippen LogP contribution is 2.33. The Morgan fingerprint density at radius 2 is 2.17 bits per heavy atom. The van der Waals surface area contributed by atoms with Crippen LogP contribution in [0.15, 0.2) is 0 Å². The lowest BCUT2D eigenvalue weighted by molar-refractivity contribution is -0.157. The molecular formula is C9H12O3. The van der Waals surface area contributed by atoms with Crippen LogP contribution in [0.5, 0.6) is 0 Å². The van der Waals surface area contributed by atoms with Gasteiger partial charge in [-0.3, -0.25) is 9.59 Å². The molecule has 2 fully saturated rings. The van der Waals surface area contributed by atoms with Crippen molar-refractivity contribution < 1.29 is 14.3 Å².